The van der Waals surface area contributed by atoms with Crippen LogP contribution < -0.4 is 0 Å². The van der Waals surface area contributed by atoms with E-state index in [9.17, 15) is 34.5 Å². The van der Waals surface area contributed by atoms with Gasteiger partial charge in [-0.25, -0.2) is 0 Å². The quantitative estimate of drug-likeness (QED) is 0.251. The van der Waals surface area contributed by atoms with Crippen molar-refractivity contribution in [3.05, 3.63) is 54.2 Å². The number of carbonyl (C=O) groups is 4. The second kappa shape index (κ2) is 17.9. The maximum Gasteiger partial charge on any atom is 0.317 e. The zero-order valence-electron chi connectivity index (χ0n) is 25.3. The number of rotatable bonds is 10. The zero-order chi connectivity index (χ0) is 31.6. The standard InChI is InChI=1S/C31H40N6O7.Eu/c1-33(18-23-6-7-27-26(16-23)25-5-3-2-4-24(25)17-32-27)28(38)19-34-8-10-35(20-29(39)40)12-14-37(22-31(43)44)15-13-36(11-9-34)21-30(41)42;/h2-7,16-17H,8-15,18-22H2,1H3,(H,39,40)(H,41,42)(H,43,44);. The number of hydrogen-bond acceptors (Lipinski definition) is 9. The third kappa shape index (κ3) is 11.6. The Balaban J connectivity index is 0.00000552. The summed E-state index contributed by atoms with van der Waals surface area (Å²) in [5, 5.41) is 31.4. The summed E-state index contributed by atoms with van der Waals surface area (Å²) in [6, 6.07) is 14.0. The average Bonchev–Trinajstić information content (AvgIpc) is 2.97. The van der Waals surface area contributed by atoms with Gasteiger partial charge in [0.25, 0.3) is 0 Å². The van der Waals surface area contributed by atoms with Crippen LogP contribution in [0, 0.1) is 49.4 Å². The Morgan fingerprint density at radius 3 is 1.64 bits per heavy atom. The van der Waals surface area contributed by atoms with Crippen LogP contribution in [0.15, 0.2) is 48.7 Å². The molecular formula is C31H40EuN6O7. The smallest absolute Gasteiger partial charge is 0.317 e. The fourth-order valence-electron chi connectivity index (χ4n) is 5.46. The van der Waals surface area contributed by atoms with Gasteiger partial charge in [-0.1, -0.05) is 30.3 Å². The van der Waals surface area contributed by atoms with Crippen molar-refractivity contribution in [2.24, 2.45) is 0 Å². The van der Waals surface area contributed by atoms with Crippen LogP contribution in [0.1, 0.15) is 5.56 Å². The van der Waals surface area contributed by atoms with E-state index in [0.29, 0.717) is 58.9 Å². The van der Waals surface area contributed by atoms with E-state index in [1.54, 1.807) is 26.6 Å². The van der Waals surface area contributed by atoms with E-state index < -0.39 is 17.9 Å². The monoisotopic (exact) mass is 761 g/mol. The summed E-state index contributed by atoms with van der Waals surface area (Å²) in [6.45, 7) is 2.61. The average molecular weight is 761 g/mol. The molecule has 13 nitrogen and oxygen atoms in total. The Morgan fingerprint density at radius 2 is 1.16 bits per heavy atom. The summed E-state index contributed by atoms with van der Waals surface area (Å²) in [5.74, 6) is -3.10. The van der Waals surface area contributed by atoms with Gasteiger partial charge in [0.15, 0.2) is 0 Å². The predicted molar refractivity (Wildman–Crippen MR) is 164 cm³/mol. The summed E-state index contributed by atoms with van der Waals surface area (Å²) in [6.07, 6.45) is 1.85. The number of pyridine rings is 1. The number of likely N-dealkylation sites (N-methyl/N-ethyl adjacent to an activating group) is 1. The molecule has 0 spiro atoms. The van der Waals surface area contributed by atoms with E-state index in [1.165, 1.54) is 0 Å². The van der Waals surface area contributed by atoms with Gasteiger partial charge < -0.3 is 20.2 Å². The minimum Gasteiger partial charge on any atom is -0.480 e. The first-order chi connectivity index (χ1) is 21.1. The maximum absolute atomic E-state index is 13.4. The number of benzene rings is 2. The Morgan fingerprint density at radius 1 is 0.689 bits per heavy atom. The van der Waals surface area contributed by atoms with Crippen LogP contribution in [0.5, 0.6) is 0 Å². The summed E-state index contributed by atoms with van der Waals surface area (Å²) >= 11 is 0. The van der Waals surface area contributed by atoms with Crippen LogP contribution in [-0.4, -0.2) is 154 Å². The molecule has 0 saturated carbocycles. The van der Waals surface area contributed by atoms with Gasteiger partial charge in [0.05, 0.1) is 31.7 Å². The normalized spacial score (nSPS) is 16.4. The van der Waals surface area contributed by atoms with E-state index in [1.807, 2.05) is 41.4 Å². The van der Waals surface area contributed by atoms with Crippen molar-refractivity contribution in [3.63, 3.8) is 0 Å². The molecule has 0 bridgehead atoms. The molecule has 3 N–H and O–H groups in total. The first-order valence-electron chi connectivity index (χ1n) is 14.6. The van der Waals surface area contributed by atoms with E-state index in [2.05, 4.69) is 17.1 Å². The number of aromatic nitrogens is 1. The maximum atomic E-state index is 13.4. The second-order valence-electron chi connectivity index (χ2n) is 11.2. The molecule has 243 valence electrons. The van der Waals surface area contributed by atoms with Gasteiger partial charge >= 0.3 is 17.9 Å². The molecule has 0 aliphatic carbocycles. The van der Waals surface area contributed by atoms with Crippen LogP contribution >= 0.6 is 0 Å². The molecular weight excluding hydrogens is 720 g/mol. The van der Waals surface area contributed by atoms with Crippen LogP contribution in [0.3, 0.4) is 0 Å². The minimum absolute atomic E-state index is 0. The Labute approximate surface area is 302 Å². The van der Waals surface area contributed by atoms with Gasteiger partial charge in [-0.3, -0.25) is 43.8 Å². The van der Waals surface area contributed by atoms with Crippen molar-refractivity contribution >= 4 is 45.5 Å². The van der Waals surface area contributed by atoms with E-state index in [4.69, 9.17) is 0 Å². The van der Waals surface area contributed by atoms with E-state index in [0.717, 1.165) is 27.2 Å². The molecule has 4 rings (SSSR count). The fraction of sp³-hybridized carbons (Fsp3) is 0.452. The third-order valence-corrected chi connectivity index (χ3v) is 7.87. The van der Waals surface area contributed by atoms with Gasteiger partial charge in [-0.05, 0) is 23.1 Å². The first-order valence-corrected chi connectivity index (χ1v) is 14.6. The van der Waals surface area contributed by atoms with Crippen molar-refractivity contribution < 1.29 is 83.9 Å². The Kier molecular flexibility index (Phi) is 14.7. The van der Waals surface area contributed by atoms with Crippen molar-refractivity contribution in [1.82, 2.24) is 29.5 Å². The SMILES string of the molecule is CN(Cc1ccc2ncc3ccccc3c2c1)C(=O)CN1CCN(CC(=O)O)CCN(CC(=O)O)CCN(CC(=O)O)CC1.[Eu]. The first kappa shape index (κ1) is 36.9. The largest absolute Gasteiger partial charge is 0.480 e. The summed E-state index contributed by atoms with van der Waals surface area (Å²) in [4.78, 5) is 61.2. The topological polar surface area (TPSA) is 158 Å². The van der Waals surface area contributed by atoms with Crippen molar-refractivity contribution in [3.8, 4) is 0 Å². The molecule has 0 unspecified atom stereocenters. The third-order valence-electron chi connectivity index (χ3n) is 7.87. The zero-order valence-corrected chi connectivity index (χ0v) is 27.8. The summed E-state index contributed by atoms with van der Waals surface area (Å²) < 4.78 is 0. The van der Waals surface area contributed by atoms with Crippen LogP contribution in [0.2, 0.25) is 0 Å². The minimum atomic E-state index is -1.01. The van der Waals surface area contributed by atoms with Crippen LogP contribution in [0.25, 0.3) is 21.7 Å². The molecule has 1 amide bonds. The molecule has 2 aromatic carbocycles. The van der Waals surface area contributed by atoms with Gasteiger partial charge in [0, 0.05) is 132 Å². The van der Waals surface area contributed by atoms with Gasteiger partial charge in [-0.15, -0.1) is 0 Å². The number of carboxylic acid groups (broad SMARTS) is 3. The molecule has 1 aliphatic heterocycles. The Hall–Kier alpha value is -2.59. The summed E-state index contributed by atoms with van der Waals surface area (Å²) in [7, 11) is 1.74. The molecule has 14 heteroatoms. The molecule has 1 saturated heterocycles. The number of amides is 1. The number of nitrogens with zero attached hydrogens (tertiary/aromatic N) is 6. The van der Waals surface area contributed by atoms with E-state index in [-0.39, 0.29) is 81.5 Å². The van der Waals surface area contributed by atoms with Crippen molar-refractivity contribution in [1.29, 1.82) is 0 Å². The number of aliphatic carboxylic acids is 3. The van der Waals surface area contributed by atoms with Crippen molar-refractivity contribution in [2.45, 2.75) is 6.54 Å². The predicted octanol–water partition coefficient (Wildman–Crippen LogP) is 0.822. The van der Waals surface area contributed by atoms with E-state index >= 15 is 0 Å². The molecule has 0 atom stereocenters. The molecule has 45 heavy (non-hydrogen) atoms. The number of fused-ring (bicyclic) bond motifs is 3. The van der Waals surface area contributed by atoms with Crippen molar-refractivity contribution in [2.75, 3.05) is 85.6 Å². The number of carbonyl (C=O) groups excluding carboxylic acids is 1. The molecule has 3 aromatic rings. The Bertz CT molecular complexity index is 1460. The van der Waals surface area contributed by atoms with Gasteiger partial charge in [0.2, 0.25) is 5.91 Å². The molecule has 1 aliphatic rings. The molecule has 2 heterocycles. The molecule has 1 radical (unpaired) electrons. The molecule has 1 aromatic heterocycles. The number of carboxylic acids is 3. The molecule has 1 fully saturated rings. The second-order valence-corrected chi connectivity index (χ2v) is 11.2. The van der Waals surface area contributed by atoms with Crippen LogP contribution in [-0.2, 0) is 25.7 Å². The fourth-order valence-corrected chi connectivity index (χ4v) is 5.46. The van der Waals surface area contributed by atoms with Gasteiger partial charge in [0.1, 0.15) is 0 Å². The van der Waals surface area contributed by atoms with Gasteiger partial charge in [-0.2, -0.15) is 0 Å². The van der Waals surface area contributed by atoms with Crippen LogP contribution in [0.4, 0.5) is 0 Å². The number of hydrogen-bond donors (Lipinski definition) is 3. The summed E-state index contributed by atoms with van der Waals surface area (Å²) in [5.41, 5.74) is 1.84.